The summed E-state index contributed by atoms with van der Waals surface area (Å²) in [6.45, 7) is 0. The standard InChI is InChI=1S/C15H22N2O2S2/c1-21-8-7-13(14(16)18)17-15(19)12(10-20)9-11-5-3-2-4-6-11/h2-6,12-13,20H,7-10H2,1H3,(H2,16,18)(H,17,19)/t12-,13+/m0/s1. The number of primary amides is 1. The van der Waals surface area contributed by atoms with Crippen molar-refractivity contribution in [3.05, 3.63) is 35.9 Å². The molecule has 0 spiro atoms. The van der Waals surface area contributed by atoms with Gasteiger partial charge in [0.2, 0.25) is 11.8 Å². The van der Waals surface area contributed by atoms with Crippen molar-refractivity contribution >= 4 is 36.2 Å². The number of hydrogen-bond donors (Lipinski definition) is 3. The highest BCUT2D eigenvalue weighted by atomic mass is 32.2. The number of carbonyl (C=O) groups is 2. The van der Waals surface area contributed by atoms with Crippen molar-refractivity contribution in [3.8, 4) is 0 Å². The Balaban J connectivity index is 2.62. The van der Waals surface area contributed by atoms with Crippen LogP contribution in [0.25, 0.3) is 0 Å². The maximum absolute atomic E-state index is 12.3. The molecule has 6 heteroatoms. The lowest BCUT2D eigenvalue weighted by Crippen LogP contribution is -2.47. The van der Waals surface area contributed by atoms with Crippen molar-refractivity contribution in [2.45, 2.75) is 18.9 Å². The fourth-order valence-corrected chi connectivity index (χ4v) is 2.72. The van der Waals surface area contributed by atoms with Gasteiger partial charge in [-0.2, -0.15) is 24.4 Å². The molecule has 0 aromatic heterocycles. The Morgan fingerprint density at radius 2 is 2.00 bits per heavy atom. The largest absolute Gasteiger partial charge is 0.368 e. The van der Waals surface area contributed by atoms with Gasteiger partial charge < -0.3 is 11.1 Å². The molecule has 1 aromatic carbocycles. The van der Waals surface area contributed by atoms with Crippen LogP contribution < -0.4 is 11.1 Å². The van der Waals surface area contributed by atoms with E-state index in [1.54, 1.807) is 11.8 Å². The van der Waals surface area contributed by atoms with Crippen molar-refractivity contribution in [1.82, 2.24) is 5.32 Å². The van der Waals surface area contributed by atoms with Crippen molar-refractivity contribution in [2.75, 3.05) is 17.8 Å². The first kappa shape index (κ1) is 17.9. The Hall–Kier alpha value is -1.14. The van der Waals surface area contributed by atoms with Gasteiger partial charge in [0.15, 0.2) is 0 Å². The lowest BCUT2D eigenvalue weighted by Gasteiger charge is -2.19. The zero-order valence-electron chi connectivity index (χ0n) is 12.1. The summed E-state index contributed by atoms with van der Waals surface area (Å²) >= 11 is 5.87. The Morgan fingerprint density at radius 1 is 1.33 bits per heavy atom. The van der Waals surface area contributed by atoms with Gasteiger partial charge in [-0.3, -0.25) is 9.59 Å². The molecule has 21 heavy (non-hydrogen) atoms. The number of thiol groups is 1. The topological polar surface area (TPSA) is 72.2 Å². The molecule has 4 nitrogen and oxygen atoms in total. The molecule has 0 aliphatic rings. The molecule has 0 fully saturated rings. The first-order chi connectivity index (χ1) is 10.1. The predicted molar refractivity (Wildman–Crippen MR) is 91.6 cm³/mol. The van der Waals surface area contributed by atoms with E-state index in [-0.39, 0.29) is 11.8 Å². The third-order valence-corrected chi connectivity index (χ3v) is 4.27. The van der Waals surface area contributed by atoms with Crippen LogP contribution in [-0.2, 0) is 16.0 Å². The number of hydrogen-bond acceptors (Lipinski definition) is 4. The summed E-state index contributed by atoms with van der Waals surface area (Å²) in [5.74, 6) is 0.271. The van der Waals surface area contributed by atoms with Gasteiger partial charge in [0.05, 0.1) is 5.92 Å². The number of nitrogens with two attached hydrogens (primary N) is 1. The lowest BCUT2D eigenvalue weighted by atomic mass is 9.99. The minimum atomic E-state index is -0.608. The van der Waals surface area contributed by atoms with Gasteiger partial charge >= 0.3 is 0 Å². The van der Waals surface area contributed by atoms with Crippen LogP contribution in [0.15, 0.2) is 30.3 Å². The molecule has 0 radical (unpaired) electrons. The summed E-state index contributed by atoms with van der Waals surface area (Å²) < 4.78 is 0. The minimum absolute atomic E-state index is 0.168. The highest BCUT2D eigenvalue weighted by molar-refractivity contribution is 7.98. The molecule has 1 aromatic rings. The SMILES string of the molecule is CSCC[C@@H](NC(=O)[C@H](CS)Cc1ccccc1)C(N)=O. The Morgan fingerprint density at radius 3 is 2.52 bits per heavy atom. The van der Waals surface area contributed by atoms with Gasteiger partial charge in [0.1, 0.15) is 6.04 Å². The number of thioether (sulfide) groups is 1. The molecule has 0 heterocycles. The smallest absolute Gasteiger partial charge is 0.240 e. The van der Waals surface area contributed by atoms with E-state index >= 15 is 0 Å². The summed E-state index contributed by atoms with van der Waals surface area (Å²) in [5, 5.41) is 2.75. The van der Waals surface area contributed by atoms with Crippen LogP contribution in [0.2, 0.25) is 0 Å². The fourth-order valence-electron chi connectivity index (χ4n) is 1.95. The number of rotatable bonds is 9. The molecule has 2 atom stereocenters. The molecule has 0 bridgehead atoms. The second kappa shape index (κ2) is 9.73. The van der Waals surface area contributed by atoms with Gasteiger partial charge in [0, 0.05) is 5.75 Å². The number of nitrogens with one attached hydrogen (secondary N) is 1. The van der Waals surface area contributed by atoms with E-state index in [9.17, 15) is 9.59 Å². The molecule has 0 unspecified atom stereocenters. The van der Waals surface area contributed by atoms with Crippen LogP contribution in [0.4, 0.5) is 0 Å². The molecule has 1 rings (SSSR count). The van der Waals surface area contributed by atoms with Crippen LogP contribution >= 0.6 is 24.4 Å². The van der Waals surface area contributed by atoms with Crippen molar-refractivity contribution in [3.63, 3.8) is 0 Å². The van der Waals surface area contributed by atoms with Gasteiger partial charge in [-0.25, -0.2) is 0 Å². The van der Waals surface area contributed by atoms with Crippen molar-refractivity contribution in [2.24, 2.45) is 11.7 Å². The first-order valence-electron chi connectivity index (χ1n) is 6.82. The van der Waals surface area contributed by atoms with E-state index in [4.69, 9.17) is 5.73 Å². The number of benzene rings is 1. The Labute approximate surface area is 135 Å². The van der Waals surface area contributed by atoms with Crippen molar-refractivity contribution in [1.29, 1.82) is 0 Å². The molecule has 116 valence electrons. The molecule has 0 aliphatic carbocycles. The van der Waals surface area contributed by atoms with E-state index in [2.05, 4.69) is 17.9 Å². The summed E-state index contributed by atoms with van der Waals surface area (Å²) in [6.07, 6.45) is 3.10. The normalized spacial score (nSPS) is 13.4. The summed E-state index contributed by atoms with van der Waals surface area (Å²) in [7, 11) is 0. The van der Waals surface area contributed by atoms with Crippen LogP contribution in [0.3, 0.4) is 0 Å². The summed E-state index contributed by atoms with van der Waals surface area (Å²) in [5.41, 5.74) is 6.41. The first-order valence-corrected chi connectivity index (χ1v) is 8.84. The quantitative estimate of drug-likeness (QED) is 0.602. The van der Waals surface area contributed by atoms with Crippen LogP contribution in [0, 0.1) is 5.92 Å². The maximum Gasteiger partial charge on any atom is 0.240 e. The molecular weight excluding hydrogens is 304 g/mol. The molecule has 3 N–H and O–H groups in total. The van der Waals surface area contributed by atoms with Crippen LogP contribution in [0.1, 0.15) is 12.0 Å². The second-order valence-corrected chi connectivity index (χ2v) is 6.16. The maximum atomic E-state index is 12.3. The molecule has 0 saturated carbocycles. The van der Waals surface area contributed by atoms with E-state index in [1.807, 2.05) is 36.6 Å². The van der Waals surface area contributed by atoms with Gasteiger partial charge in [-0.1, -0.05) is 30.3 Å². The zero-order chi connectivity index (χ0) is 15.7. The summed E-state index contributed by atoms with van der Waals surface area (Å²) in [6, 6.07) is 9.15. The fraction of sp³-hybridized carbons (Fsp3) is 0.467. The average Bonchev–Trinajstić information content (AvgIpc) is 2.49. The molecular formula is C15H22N2O2S2. The Bertz CT molecular complexity index is 454. The second-order valence-electron chi connectivity index (χ2n) is 4.81. The number of amides is 2. The van der Waals surface area contributed by atoms with E-state index in [1.165, 1.54) is 0 Å². The van der Waals surface area contributed by atoms with Gasteiger partial charge in [-0.05, 0) is 30.4 Å². The third-order valence-electron chi connectivity index (χ3n) is 3.19. The molecule has 0 aliphatic heterocycles. The third kappa shape index (κ3) is 6.44. The summed E-state index contributed by atoms with van der Waals surface area (Å²) in [4.78, 5) is 23.7. The molecule has 2 amide bonds. The van der Waals surface area contributed by atoms with Gasteiger partial charge in [-0.15, -0.1) is 0 Å². The van der Waals surface area contributed by atoms with E-state index in [0.717, 1.165) is 11.3 Å². The lowest BCUT2D eigenvalue weighted by molar-refractivity contribution is -0.129. The minimum Gasteiger partial charge on any atom is -0.368 e. The van der Waals surface area contributed by atoms with E-state index < -0.39 is 11.9 Å². The number of carbonyl (C=O) groups excluding carboxylic acids is 2. The Kier molecular flexibility index (Phi) is 8.30. The van der Waals surface area contributed by atoms with Crippen molar-refractivity contribution < 1.29 is 9.59 Å². The predicted octanol–water partition coefficient (Wildman–Crippen LogP) is 1.50. The molecule has 0 saturated heterocycles. The highest BCUT2D eigenvalue weighted by Gasteiger charge is 2.23. The average molecular weight is 326 g/mol. The van der Waals surface area contributed by atoms with Gasteiger partial charge in [0.25, 0.3) is 0 Å². The van der Waals surface area contributed by atoms with Crippen LogP contribution in [0.5, 0.6) is 0 Å². The zero-order valence-corrected chi connectivity index (χ0v) is 13.8. The monoisotopic (exact) mass is 326 g/mol. The van der Waals surface area contributed by atoms with E-state index in [0.29, 0.717) is 18.6 Å². The van der Waals surface area contributed by atoms with Crippen LogP contribution in [-0.4, -0.2) is 35.6 Å². The highest BCUT2D eigenvalue weighted by Crippen LogP contribution is 2.11.